The van der Waals surface area contributed by atoms with Crippen molar-refractivity contribution in [2.45, 2.75) is 12.0 Å². The van der Waals surface area contributed by atoms with Crippen LogP contribution in [0.1, 0.15) is 12.0 Å². The summed E-state index contributed by atoms with van der Waals surface area (Å²) in [6.07, 6.45) is 0.366. The van der Waals surface area contributed by atoms with Crippen LogP contribution < -0.4 is 10.5 Å². The van der Waals surface area contributed by atoms with Gasteiger partial charge in [-0.15, -0.1) is 0 Å². The monoisotopic (exact) mass is 275 g/mol. The van der Waals surface area contributed by atoms with Gasteiger partial charge in [0.25, 0.3) is 0 Å². The summed E-state index contributed by atoms with van der Waals surface area (Å²) in [6.45, 7) is 0.415. The molecule has 0 heterocycles. The van der Waals surface area contributed by atoms with Gasteiger partial charge < -0.3 is 15.6 Å². The quantitative estimate of drug-likeness (QED) is 0.851. The van der Waals surface area contributed by atoms with Gasteiger partial charge in [0, 0.05) is 13.0 Å². The third-order valence-electron chi connectivity index (χ3n) is 3.25. The molecule has 3 N–H and O–H groups in total. The molecule has 2 aromatic rings. The van der Waals surface area contributed by atoms with Crippen LogP contribution in [0, 0.1) is 5.82 Å². The number of nitrogens with two attached hydrogens (primary N) is 1. The van der Waals surface area contributed by atoms with Crippen LogP contribution in [-0.2, 0) is 5.60 Å². The predicted molar refractivity (Wildman–Crippen MR) is 75.9 cm³/mol. The summed E-state index contributed by atoms with van der Waals surface area (Å²) >= 11 is 0. The van der Waals surface area contributed by atoms with Gasteiger partial charge in [-0.2, -0.15) is 0 Å². The van der Waals surface area contributed by atoms with Gasteiger partial charge in [0.05, 0.1) is 6.61 Å². The summed E-state index contributed by atoms with van der Waals surface area (Å²) in [5.41, 5.74) is 5.34. The summed E-state index contributed by atoms with van der Waals surface area (Å²) in [5, 5.41) is 10.5. The van der Waals surface area contributed by atoms with Gasteiger partial charge in [0.2, 0.25) is 0 Å². The first-order valence-corrected chi connectivity index (χ1v) is 6.50. The van der Waals surface area contributed by atoms with Crippen molar-refractivity contribution in [2.75, 3.05) is 13.2 Å². The molecule has 0 fully saturated rings. The van der Waals surface area contributed by atoms with Gasteiger partial charge in [0.15, 0.2) is 0 Å². The van der Waals surface area contributed by atoms with Crippen LogP contribution in [0.15, 0.2) is 54.6 Å². The number of rotatable bonds is 6. The van der Waals surface area contributed by atoms with Crippen LogP contribution in [0.2, 0.25) is 0 Å². The van der Waals surface area contributed by atoms with Crippen LogP contribution in [0.4, 0.5) is 4.39 Å². The van der Waals surface area contributed by atoms with E-state index in [1.165, 1.54) is 12.1 Å². The molecule has 0 saturated carbocycles. The number of hydrogen-bond donors (Lipinski definition) is 2. The Hall–Kier alpha value is -1.91. The second kappa shape index (κ2) is 6.50. The number of ether oxygens (including phenoxy) is 1. The molecule has 0 amide bonds. The summed E-state index contributed by atoms with van der Waals surface area (Å²) < 4.78 is 18.3. The molecule has 106 valence electrons. The fraction of sp³-hybridized carbons (Fsp3) is 0.250. The zero-order valence-electron chi connectivity index (χ0n) is 11.1. The van der Waals surface area contributed by atoms with Gasteiger partial charge in [-0.1, -0.05) is 30.3 Å². The standard InChI is InChI=1S/C16H18FNO2/c17-14-6-8-15(9-7-14)20-11-10-16(19,12-18)13-4-2-1-3-5-13/h1-9,19H,10-12,18H2. The SMILES string of the molecule is NCC(O)(CCOc1ccc(F)cc1)c1ccccc1. The zero-order valence-corrected chi connectivity index (χ0v) is 11.1. The third kappa shape index (κ3) is 3.56. The van der Waals surface area contributed by atoms with Crippen LogP contribution in [0.3, 0.4) is 0 Å². The zero-order chi connectivity index (χ0) is 14.4. The van der Waals surface area contributed by atoms with E-state index in [1.54, 1.807) is 12.1 Å². The molecule has 4 heteroatoms. The van der Waals surface area contributed by atoms with E-state index in [4.69, 9.17) is 10.5 Å². The molecule has 1 unspecified atom stereocenters. The minimum Gasteiger partial charge on any atom is -0.493 e. The molecule has 0 radical (unpaired) electrons. The Morgan fingerprint density at radius 3 is 2.30 bits per heavy atom. The lowest BCUT2D eigenvalue weighted by Crippen LogP contribution is -2.36. The summed E-state index contributed by atoms with van der Waals surface area (Å²) in [4.78, 5) is 0. The van der Waals surface area contributed by atoms with Crippen molar-refractivity contribution in [1.82, 2.24) is 0 Å². The molecular weight excluding hydrogens is 257 g/mol. The molecule has 0 aliphatic carbocycles. The highest BCUT2D eigenvalue weighted by Crippen LogP contribution is 2.24. The van der Waals surface area contributed by atoms with Crippen LogP contribution in [-0.4, -0.2) is 18.3 Å². The fourth-order valence-corrected chi connectivity index (χ4v) is 1.98. The van der Waals surface area contributed by atoms with Crippen LogP contribution >= 0.6 is 0 Å². The second-order valence-corrected chi connectivity index (χ2v) is 4.65. The van der Waals surface area contributed by atoms with Gasteiger partial charge >= 0.3 is 0 Å². The highest BCUT2D eigenvalue weighted by atomic mass is 19.1. The Kier molecular flexibility index (Phi) is 4.71. The first-order valence-electron chi connectivity index (χ1n) is 6.50. The van der Waals surface area contributed by atoms with Crippen molar-refractivity contribution in [2.24, 2.45) is 5.73 Å². The molecule has 0 aliphatic rings. The Labute approximate surface area is 117 Å². The van der Waals surface area contributed by atoms with E-state index < -0.39 is 5.60 Å². The lowest BCUT2D eigenvalue weighted by atomic mass is 9.91. The highest BCUT2D eigenvalue weighted by Gasteiger charge is 2.27. The second-order valence-electron chi connectivity index (χ2n) is 4.65. The first kappa shape index (κ1) is 14.5. The maximum absolute atomic E-state index is 12.8. The van der Waals surface area contributed by atoms with Crippen molar-refractivity contribution >= 4 is 0 Å². The van der Waals surface area contributed by atoms with Crippen molar-refractivity contribution in [3.63, 3.8) is 0 Å². The van der Waals surface area contributed by atoms with Crippen molar-refractivity contribution < 1.29 is 14.2 Å². The van der Waals surface area contributed by atoms with Gasteiger partial charge in [-0.05, 0) is 29.8 Å². The molecule has 0 aliphatic heterocycles. The lowest BCUT2D eigenvalue weighted by molar-refractivity contribution is 0.0233. The maximum atomic E-state index is 12.8. The van der Waals surface area contributed by atoms with Gasteiger partial charge in [-0.25, -0.2) is 4.39 Å². The van der Waals surface area contributed by atoms with E-state index >= 15 is 0 Å². The third-order valence-corrected chi connectivity index (χ3v) is 3.25. The average molecular weight is 275 g/mol. The highest BCUT2D eigenvalue weighted by molar-refractivity contribution is 5.24. The molecular formula is C16H18FNO2. The van der Waals surface area contributed by atoms with Crippen molar-refractivity contribution in [1.29, 1.82) is 0 Å². The predicted octanol–water partition coefficient (Wildman–Crippen LogP) is 2.44. The van der Waals surface area contributed by atoms with Crippen LogP contribution in [0.5, 0.6) is 5.75 Å². The Balaban J connectivity index is 1.96. The largest absolute Gasteiger partial charge is 0.493 e. The van der Waals surface area contributed by atoms with E-state index in [-0.39, 0.29) is 12.4 Å². The number of hydrogen-bond acceptors (Lipinski definition) is 3. The average Bonchev–Trinajstić information content (AvgIpc) is 2.50. The van der Waals surface area contributed by atoms with E-state index in [9.17, 15) is 9.50 Å². The summed E-state index contributed by atoms with van der Waals surface area (Å²) in [6, 6.07) is 15.1. The molecule has 1 atom stereocenters. The van der Waals surface area contributed by atoms with Crippen LogP contribution in [0.25, 0.3) is 0 Å². The molecule has 2 aromatic carbocycles. The van der Waals surface area contributed by atoms with E-state index in [0.29, 0.717) is 18.8 Å². The lowest BCUT2D eigenvalue weighted by Gasteiger charge is -2.27. The normalized spacial score (nSPS) is 13.8. The van der Waals surface area contributed by atoms with Gasteiger partial charge in [-0.3, -0.25) is 0 Å². The molecule has 3 nitrogen and oxygen atoms in total. The van der Waals surface area contributed by atoms with E-state index in [0.717, 1.165) is 5.56 Å². The molecule has 0 aromatic heterocycles. The van der Waals surface area contributed by atoms with Gasteiger partial charge in [0.1, 0.15) is 17.2 Å². The molecule has 0 bridgehead atoms. The minimum atomic E-state index is -1.11. The molecule has 0 saturated heterocycles. The number of benzene rings is 2. The van der Waals surface area contributed by atoms with E-state index in [2.05, 4.69) is 0 Å². The summed E-state index contributed by atoms with van der Waals surface area (Å²) in [7, 11) is 0. The van der Waals surface area contributed by atoms with E-state index in [1.807, 2.05) is 30.3 Å². The Morgan fingerprint density at radius 2 is 1.70 bits per heavy atom. The van der Waals surface area contributed by atoms with Crippen molar-refractivity contribution in [3.8, 4) is 5.75 Å². The molecule has 0 spiro atoms. The number of aliphatic hydroxyl groups is 1. The Morgan fingerprint density at radius 1 is 1.05 bits per heavy atom. The minimum absolute atomic E-state index is 0.115. The molecule has 2 rings (SSSR count). The number of halogens is 1. The first-order chi connectivity index (χ1) is 9.64. The smallest absolute Gasteiger partial charge is 0.123 e. The molecule has 20 heavy (non-hydrogen) atoms. The maximum Gasteiger partial charge on any atom is 0.123 e. The summed E-state index contributed by atoms with van der Waals surface area (Å²) in [5.74, 6) is 0.263. The fourth-order valence-electron chi connectivity index (χ4n) is 1.98. The topological polar surface area (TPSA) is 55.5 Å². The Bertz CT molecular complexity index is 530. The van der Waals surface area contributed by atoms with Crippen molar-refractivity contribution in [3.05, 3.63) is 66.0 Å².